The van der Waals surface area contributed by atoms with E-state index in [2.05, 4.69) is 19.8 Å². The normalized spacial score (nSPS) is 31.9. The lowest BCUT2D eigenvalue weighted by atomic mass is 10.1. The fourth-order valence-electron chi connectivity index (χ4n) is 4.72. The number of aliphatic imine (C=N–C) groups is 1. The predicted molar refractivity (Wildman–Crippen MR) is 103 cm³/mol. The van der Waals surface area contributed by atoms with E-state index in [4.69, 9.17) is 10.5 Å². The summed E-state index contributed by atoms with van der Waals surface area (Å²) in [6, 6.07) is 3.69. The number of fused-ring (bicyclic) bond motifs is 2. The van der Waals surface area contributed by atoms with Crippen LogP contribution in [-0.2, 0) is 4.74 Å². The highest BCUT2D eigenvalue weighted by Crippen LogP contribution is 2.45. The number of aromatic nitrogens is 1. The van der Waals surface area contributed by atoms with Gasteiger partial charge >= 0.3 is 0 Å². The van der Waals surface area contributed by atoms with Gasteiger partial charge in [-0.3, -0.25) is 14.9 Å². The van der Waals surface area contributed by atoms with E-state index < -0.39 is 12.0 Å². The summed E-state index contributed by atoms with van der Waals surface area (Å²) in [6.45, 7) is 3.68. The number of hydrogen-bond acceptors (Lipinski definition) is 8. The number of nitrogens with zero attached hydrogens (tertiary/aromatic N) is 6. The average Bonchev–Trinajstić information content (AvgIpc) is 3.38. The molecule has 3 atom stereocenters. The zero-order valence-corrected chi connectivity index (χ0v) is 15.4. The molecule has 3 unspecified atom stereocenters. The second-order valence-electron chi connectivity index (χ2n) is 7.83. The molecule has 0 bridgehead atoms. The van der Waals surface area contributed by atoms with Gasteiger partial charge in [0.15, 0.2) is 11.6 Å². The molecule has 2 N–H and O–H groups in total. The van der Waals surface area contributed by atoms with Crippen LogP contribution in [0.25, 0.3) is 0 Å². The van der Waals surface area contributed by atoms with Crippen molar-refractivity contribution in [3.05, 3.63) is 42.4 Å². The van der Waals surface area contributed by atoms with Crippen molar-refractivity contribution in [2.24, 2.45) is 10.7 Å². The number of piperazine rings is 1. The van der Waals surface area contributed by atoms with Crippen molar-refractivity contribution in [3.8, 4) is 0 Å². The van der Waals surface area contributed by atoms with E-state index >= 15 is 0 Å². The van der Waals surface area contributed by atoms with Crippen molar-refractivity contribution in [2.75, 3.05) is 36.2 Å². The van der Waals surface area contributed by atoms with E-state index in [1.54, 1.807) is 11.2 Å². The van der Waals surface area contributed by atoms with Crippen molar-refractivity contribution < 1.29 is 9.13 Å². The van der Waals surface area contributed by atoms with E-state index in [0.29, 0.717) is 23.9 Å². The minimum Gasteiger partial charge on any atom is -0.378 e. The maximum atomic E-state index is 13.9. The molecule has 1 aromatic heterocycles. The molecule has 146 valence electrons. The van der Waals surface area contributed by atoms with Gasteiger partial charge in [0.1, 0.15) is 11.9 Å². The Morgan fingerprint density at radius 2 is 2.07 bits per heavy atom. The second kappa shape index (κ2) is 6.00. The molecule has 0 aromatic carbocycles. The van der Waals surface area contributed by atoms with Gasteiger partial charge in [-0.1, -0.05) is 0 Å². The summed E-state index contributed by atoms with van der Waals surface area (Å²) < 4.78 is 19.2. The molecule has 0 spiro atoms. The summed E-state index contributed by atoms with van der Waals surface area (Å²) in [7, 11) is 0. The number of nitrogens with two attached hydrogens (primary N) is 1. The average molecular weight is 383 g/mol. The van der Waals surface area contributed by atoms with Crippen LogP contribution >= 0.6 is 0 Å². The van der Waals surface area contributed by atoms with Crippen LogP contribution in [0.15, 0.2) is 47.4 Å². The molecule has 1 aliphatic carbocycles. The largest absolute Gasteiger partial charge is 0.378 e. The Morgan fingerprint density at radius 1 is 1.18 bits per heavy atom. The van der Waals surface area contributed by atoms with Crippen molar-refractivity contribution in [1.29, 1.82) is 0 Å². The van der Waals surface area contributed by atoms with Crippen molar-refractivity contribution in [1.82, 2.24) is 14.9 Å². The van der Waals surface area contributed by atoms with Crippen LogP contribution in [0.2, 0.25) is 0 Å². The number of rotatable bonds is 3. The van der Waals surface area contributed by atoms with Crippen LogP contribution < -0.4 is 15.6 Å². The van der Waals surface area contributed by atoms with E-state index in [0.717, 1.165) is 44.1 Å². The number of anilines is 2. The van der Waals surface area contributed by atoms with Gasteiger partial charge in [0, 0.05) is 31.4 Å². The van der Waals surface area contributed by atoms with Gasteiger partial charge in [0.2, 0.25) is 0 Å². The summed E-state index contributed by atoms with van der Waals surface area (Å²) >= 11 is 0. The number of pyridine rings is 1. The van der Waals surface area contributed by atoms with Gasteiger partial charge in [-0.25, -0.2) is 14.4 Å². The Balaban J connectivity index is 1.30. The van der Waals surface area contributed by atoms with Gasteiger partial charge in [-0.2, -0.15) is 0 Å². The summed E-state index contributed by atoms with van der Waals surface area (Å²) in [5, 5.41) is 3.53. The number of hydrazine groups is 1. The first-order valence-corrected chi connectivity index (χ1v) is 9.72. The van der Waals surface area contributed by atoms with Crippen LogP contribution in [0.1, 0.15) is 6.42 Å². The van der Waals surface area contributed by atoms with Crippen LogP contribution in [0, 0.1) is 0 Å². The first-order valence-electron chi connectivity index (χ1n) is 9.72. The first kappa shape index (κ1) is 16.5. The number of halogens is 1. The quantitative estimate of drug-likeness (QED) is 0.828. The lowest BCUT2D eigenvalue weighted by Crippen LogP contribution is -2.57. The van der Waals surface area contributed by atoms with Crippen LogP contribution in [0.3, 0.4) is 0 Å². The van der Waals surface area contributed by atoms with Gasteiger partial charge in [0.25, 0.3) is 0 Å². The highest BCUT2D eigenvalue weighted by atomic mass is 19.1. The molecule has 5 aliphatic rings. The Morgan fingerprint density at radius 3 is 2.89 bits per heavy atom. The zero-order chi connectivity index (χ0) is 18.8. The zero-order valence-electron chi connectivity index (χ0n) is 15.4. The van der Waals surface area contributed by atoms with E-state index in [1.807, 2.05) is 23.3 Å². The standard InChI is InChI=1S/C19H22FN7O/c20-12-7-23-19-6-18(21)27(26(19)9-12)17-8-22-2-1-14(17)25-4-3-24(13-10-28-11-13)15-5-16(15)25/h1-2,6-9,13,15-16,18H,3-5,10-11,21H2. The Hall–Kier alpha value is -2.49. The lowest BCUT2D eigenvalue weighted by Gasteiger charge is -2.44. The maximum absolute atomic E-state index is 13.9. The molecular formula is C19H22FN7O. The van der Waals surface area contributed by atoms with Gasteiger partial charge in [-0.15, -0.1) is 0 Å². The SMILES string of the molecule is NC1C=C2N=CC(F)=CN2N1c1cnccc1N1CCN(C2COC2)C2CC21. The molecule has 28 heavy (non-hydrogen) atoms. The molecule has 6 rings (SSSR count). The predicted octanol–water partition coefficient (Wildman–Crippen LogP) is 0.802. The lowest BCUT2D eigenvalue weighted by molar-refractivity contribution is -0.0701. The molecule has 9 heteroatoms. The Kier molecular flexibility index (Phi) is 3.53. The summed E-state index contributed by atoms with van der Waals surface area (Å²) in [4.78, 5) is 13.5. The maximum Gasteiger partial charge on any atom is 0.159 e. The van der Waals surface area contributed by atoms with E-state index in [9.17, 15) is 4.39 Å². The fourth-order valence-corrected chi connectivity index (χ4v) is 4.72. The molecule has 1 aromatic rings. The third-order valence-corrected chi connectivity index (χ3v) is 6.21. The molecule has 0 amide bonds. The molecular weight excluding hydrogens is 361 g/mol. The Bertz CT molecular complexity index is 898. The summed E-state index contributed by atoms with van der Waals surface area (Å²) in [6.07, 6.45) is 8.79. The fraction of sp³-hybridized carbons (Fsp3) is 0.474. The molecule has 8 nitrogen and oxygen atoms in total. The molecule has 1 saturated carbocycles. The van der Waals surface area contributed by atoms with E-state index in [1.165, 1.54) is 12.4 Å². The van der Waals surface area contributed by atoms with Crippen LogP contribution in [-0.4, -0.2) is 71.7 Å². The topological polar surface area (TPSA) is 73.5 Å². The molecule has 0 radical (unpaired) electrons. The Labute approximate surface area is 162 Å². The minimum absolute atomic E-state index is 0.403. The smallest absolute Gasteiger partial charge is 0.159 e. The van der Waals surface area contributed by atoms with Crippen molar-refractivity contribution in [2.45, 2.75) is 30.7 Å². The third kappa shape index (κ3) is 2.40. The number of allylic oxidation sites excluding steroid dienone is 1. The van der Waals surface area contributed by atoms with Gasteiger partial charge < -0.3 is 15.4 Å². The number of ether oxygens (including phenoxy) is 1. The number of hydrogen-bond donors (Lipinski definition) is 1. The highest BCUT2D eigenvalue weighted by Gasteiger charge is 2.52. The monoisotopic (exact) mass is 383 g/mol. The van der Waals surface area contributed by atoms with E-state index in [-0.39, 0.29) is 0 Å². The van der Waals surface area contributed by atoms with Crippen LogP contribution in [0.5, 0.6) is 0 Å². The van der Waals surface area contributed by atoms with Gasteiger partial charge in [0.05, 0.1) is 43.6 Å². The third-order valence-electron chi connectivity index (χ3n) is 6.21. The van der Waals surface area contributed by atoms with Crippen LogP contribution in [0.4, 0.5) is 15.8 Å². The van der Waals surface area contributed by atoms with Crippen molar-refractivity contribution in [3.63, 3.8) is 0 Å². The summed E-state index contributed by atoms with van der Waals surface area (Å²) in [5.41, 5.74) is 8.31. The summed E-state index contributed by atoms with van der Waals surface area (Å²) in [5.74, 6) is 0.225. The second-order valence-corrected chi connectivity index (χ2v) is 7.83. The molecule has 3 fully saturated rings. The van der Waals surface area contributed by atoms with Crippen molar-refractivity contribution >= 4 is 17.6 Å². The molecule has 4 aliphatic heterocycles. The minimum atomic E-state index is -0.430. The molecule has 5 heterocycles. The van der Waals surface area contributed by atoms with Gasteiger partial charge in [-0.05, 0) is 18.6 Å². The first-order chi connectivity index (χ1) is 13.7. The highest BCUT2D eigenvalue weighted by molar-refractivity contribution is 5.79. The molecule has 2 saturated heterocycles.